The van der Waals surface area contributed by atoms with Gasteiger partial charge >= 0.3 is 0 Å². The molecule has 2 N–H and O–H groups in total. The topological polar surface area (TPSA) is 29.3 Å². The third-order valence-corrected chi connectivity index (χ3v) is 3.72. The standard InChI is InChI=1S/C16H19BrN2/c1-11-6-12(2)8-15(7-11)19(3)16-9-14(17)5-4-13(16)10-18/h4-9H,10,18H2,1-3H3. The van der Waals surface area contributed by atoms with Crippen molar-refractivity contribution in [2.24, 2.45) is 5.73 Å². The molecular weight excluding hydrogens is 300 g/mol. The molecule has 2 aromatic carbocycles. The summed E-state index contributed by atoms with van der Waals surface area (Å²) in [5, 5.41) is 0. The van der Waals surface area contributed by atoms with Crippen LogP contribution in [0.25, 0.3) is 0 Å². The summed E-state index contributed by atoms with van der Waals surface area (Å²) in [5.74, 6) is 0. The summed E-state index contributed by atoms with van der Waals surface area (Å²) in [6, 6.07) is 12.8. The smallest absolute Gasteiger partial charge is 0.0464 e. The maximum atomic E-state index is 5.83. The third kappa shape index (κ3) is 3.17. The highest BCUT2D eigenvalue weighted by molar-refractivity contribution is 9.10. The number of benzene rings is 2. The van der Waals surface area contributed by atoms with Crippen molar-refractivity contribution in [1.82, 2.24) is 0 Å². The van der Waals surface area contributed by atoms with E-state index in [0.717, 1.165) is 15.7 Å². The Kier molecular flexibility index (Phi) is 4.27. The van der Waals surface area contributed by atoms with Crippen LogP contribution in [0.2, 0.25) is 0 Å². The monoisotopic (exact) mass is 318 g/mol. The molecule has 0 radical (unpaired) electrons. The zero-order valence-corrected chi connectivity index (χ0v) is 13.2. The Balaban J connectivity index is 2.48. The Bertz CT molecular complexity index is 573. The van der Waals surface area contributed by atoms with Crippen molar-refractivity contribution < 1.29 is 0 Å². The van der Waals surface area contributed by atoms with E-state index in [4.69, 9.17) is 5.73 Å². The summed E-state index contributed by atoms with van der Waals surface area (Å²) in [7, 11) is 2.08. The lowest BCUT2D eigenvalue weighted by atomic mass is 10.1. The second-order valence-electron chi connectivity index (χ2n) is 4.88. The summed E-state index contributed by atoms with van der Waals surface area (Å²) < 4.78 is 1.07. The van der Waals surface area contributed by atoms with Gasteiger partial charge in [0.05, 0.1) is 0 Å². The maximum absolute atomic E-state index is 5.83. The Labute approximate surface area is 123 Å². The summed E-state index contributed by atoms with van der Waals surface area (Å²) in [6.07, 6.45) is 0. The molecule has 0 fully saturated rings. The van der Waals surface area contributed by atoms with E-state index in [9.17, 15) is 0 Å². The van der Waals surface area contributed by atoms with Crippen LogP contribution >= 0.6 is 15.9 Å². The predicted octanol–water partition coefficient (Wildman–Crippen LogP) is 4.29. The van der Waals surface area contributed by atoms with Gasteiger partial charge in [0.2, 0.25) is 0 Å². The molecular formula is C16H19BrN2. The molecule has 100 valence electrons. The number of nitrogens with zero attached hydrogens (tertiary/aromatic N) is 1. The molecule has 0 bridgehead atoms. The molecule has 2 aromatic rings. The van der Waals surface area contributed by atoms with Gasteiger partial charge in [0, 0.05) is 29.4 Å². The lowest BCUT2D eigenvalue weighted by Crippen LogP contribution is -2.13. The zero-order valence-electron chi connectivity index (χ0n) is 11.6. The number of hydrogen-bond acceptors (Lipinski definition) is 2. The summed E-state index contributed by atoms with van der Waals surface area (Å²) in [5.41, 5.74) is 11.8. The van der Waals surface area contributed by atoms with Gasteiger partial charge in [-0.05, 0) is 54.8 Å². The molecule has 0 aliphatic heterocycles. The lowest BCUT2D eigenvalue weighted by molar-refractivity contribution is 1.04. The molecule has 0 amide bonds. The first-order chi connectivity index (χ1) is 9.01. The number of anilines is 2. The third-order valence-electron chi connectivity index (χ3n) is 3.22. The van der Waals surface area contributed by atoms with E-state index in [1.54, 1.807) is 0 Å². The average molecular weight is 319 g/mol. The van der Waals surface area contributed by atoms with Gasteiger partial charge < -0.3 is 10.6 Å². The Morgan fingerprint density at radius 3 is 2.26 bits per heavy atom. The van der Waals surface area contributed by atoms with E-state index < -0.39 is 0 Å². The predicted molar refractivity (Wildman–Crippen MR) is 86.0 cm³/mol. The van der Waals surface area contributed by atoms with E-state index in [1.165, 1.54) is 16.8 Å². The normalized spacial score (nSPS) is 10.6. The van der Waals surface area contributed by atoms with Crippen molar-refractivity contribution in [2.75, 3.05) is 11.9 Å². The van der Waals surface area contributed by atoms with Gasteiger partial charge in [-0.15, -0.1) is 0 Å². The lowest BCUT2D eigenvalue weighted by Gasteiger charge is -2.23. The SMILES string of the molecule is Cc1cc(C)cc(N(C)c2cc(Br)ccc2CN)c1. The summed E-state index contributed by atoms with van der Waals surface area (Å²) >= 11 is 3.53. The van der Waals surface area contributed by atoms with Crippen LogP contribution in [-0.4, -0.2) is 7.05 Å². The molecule has 2 nitrogen and oxygen atoms in total. The quantitative estimate of drug-likeness (QED) is 0.914. The van der Waals surface area contributed by atoms with E-state index in [2.05, 4.69) is 72.1 Å². The minimum absolute atomic E-state index is 0.539. The second kappa shape index (κ2) is 5.76. The van der Waals surface area contributed by atoms with E-state index in [-0.39, 0.29) is 0 Å². The van der Waals surface area contributed by atoms with Crippen LogP contribution in [0, 0.1) is 13.8 Å². The molecule has 0 aliphatic carbocycles. The fourth-order valence-electron chi connectivity index (χ4n) is 2.31. The molecule has 3 heteroatoms. The largest absolute Gasteiger partial charge is 0.344 e. The second-order valence-corrected chi connectivity index (χ2v) is 5.80. The highest BCUT2D eigenvalue weighted by Gasteiger charge is 2.10. The van der Waals surface area contributed by atoms with Crippen LogP contribution in [0.3, 0.4) is 0 Å². The van der Waals surface area contributed by atoms with Crippen LogP contribution < -0.4 is 10.6 Å². The molecule has 0 heterocycles. The Morgan fingerprint density at radius 2 is 1.68 bits per heavy atom. The van der Waals surface area contributed by atoms with Gasteiger partial charge in [0.25, 0.3) is 0 Å². The highest BCUT2D eigenvalue weighted by Crippen LogP contribution is 2.30. The summed E-state index contributed by atoms with van der Waals surface area (Å²) in [6.45, 7) is 4.78. The van der Waals surface area contributed by atoms with Crippen LogP contribution in [0.15, 0.2) is 40.9 Å². The number of halogens is 1. The van der Waals surface area contributed by atoms with E-state index in [0.29, 0.717) is 6.54 Å². The number of aryl methyl sites for hydroxylation is 2. The van der Waals surface area contributed by atoms with Crippen molar-refractivity contribution >= 4 is 27.3 Å². The maximum Gasteiger partial charge on any atom is 0.0464 e. The fraction of sp³-hybridized carbons (Fsp3) is 0.250. The van der Waals surface area contributed by atoms with Crippen molar-refractivity contribution in [1.29, 1.82) is 0 Å². The van der Waals surface area contributed by atoms with Crippen LogP contribution in [-0.2, 0) is 6.54 Å². The van der Waals surface area contributed by atoms with Crippen molar-refractivity contribution in [3.8, 4) is 0 Å². The van der Waals surface area contributed by atoms with Crippen LogP contribution in [0.5, 0.6) is 0 Å². The first-order valence-electron chi connectivity index (χ1n) is 6.32. The molecule has 0 unspecified atom stereocenters. The summed E-state index contributed by atoms with van der Waals surface area (Å²) in [4.78, 5) is 2.19. The van der Waals surface area contributed by atoms with Crippen molar-refractivity contribution in [2.45, 2.75) is 20.4 Å². The zero-order chi connectivity index (χ0) is 14.0. The molecule has 0 aliphatic rings. The molecule has 0 saturated heterocycles. The van der Waals surface area contributed by atoms with Gasteiger partial charge in [-0.25, -0.2) is 0 Å². The first kappa shape index (κ1) is 14.1. The molecule has 0 aromatic heterocycles. The number of rotatable bonds is 3. The molecule has 0 spiro atoms. The fourth-order valence-corrected chi connectivity index (χ4v) is 2.65. The van der Waals surface area contributed by atoms with E-state index in [1.807, 2.05) is 6.07 Å². The Morgan fingerprint density at radius 1 is 1.05 bits per heavy atom. The van der Waals surface area contributed by atoms with Crippen molar-refractivity contribution in [3.05, 3.63) is 57.6 Å². The van der Waals surface area contributed by atoms with Crippen LogP contribution in [0.4, 0.5) is 11.4 Å². The Hall–Kier alpha value is -1.32. The van der Waals surface area contributed by atoms with Crippen molar-refractivity contribution in [3.63, 3.8) is 0 Å². The highest BCUT2D eigenvalue weighted by atomic mass is 79.9. The van der Waals surface area contributed by atoms with Gasteiger partial charge in [0.15, 0.2) is 0 Å². The van der Waals surface area contributed by atoms with Gasteiger partial charge in [-0.1, -0.05) is 28.1 Å². The number of nitrogens with two attached hydrogens (primary N) is 1. The average Bonchev–Trinajstić information content (AvgIpc) is 2.36. The van der Waals surface area contributed by atoms with Crippen LogP contribution in [0.1, 0.15) is 16.7 Å². The molecule has 0 saturated carbocycles. The minimum atomic E-state index is 0.539. The molecule has 19 heavy (non-hydrogen) atoms. The number of hydrogen-bond donors (Lipinski definition) is 1. The molecule has 0 atom stereocenters. The van der Waals surface area contributed by atoms with E-state index >= 15 is 0 Å². The minimum Gasteiger partial charge on any atom is -0.344 e. The van der Waals surface area contributed by atoms with Gasteiger partial charge in [-0.2, -0.15) is 0 Å². The molecule has 2 rings (SSSR count). The van der Waals surface area contributed by atoms with Gasteiger partial charge in [0.1, 0.15) is 0 Å². The first-order valence-corrected chi connectivity index (χ1v) is 7.11. The van der Waals surface area contributed by atoms with Gasteiger partial charge in [-0.3, -0.25) is 0 Å².